The van der Waals surface area contributed by atoms with Crippen LogP contribution in [0.5, 0.6) is 0 Å². The Kier molecular flexibility index (Phi) is 5.10. The highest BCUT2D eigenvalue weighted by molar-refractivity contribution is 5.97. The van der Waals surface area contributed by atoms with E-state index in [4.69, 9.17) is 9.47 Å². The van der Waals surface area contributed by atoms with Crippen LogP contribution in [0.25, 0.3) is 0 Å². The van der Waals surface area contributed by atoms with Crippen LogP contribution in [0.2, 0.25) is 0 Å². The van der Waals surface area contributed by atoms with Crippen molar-refractivity contribution in [3.8, 4) is 0 Å². The van der Waals surface area contributed by atoms with Crippen molar-refractivity contribution >= 4 is 17.9 Å². The molecular formula is C24H36O5. The summed E-state index contributed by atoms with van der Waals surface area (Å²) in [5.41, 5.74) is -1.56. The van der Waals surface area contributed by atoms with E-state index in [1.165, 1.54) is 19.3 Å². The molecule has 29 heavy (non-hydrogen) atoms. The molecule has 5 fully saturated rings. The van der Waals surface area contributed by atoms with E-state index in [1.807, 2.05) is 13.8 Å². The fourth-order valence-electron chi connectivity index (χ4n) is 7.27. The lowest BCUT2D eigenvalue weighted by Crippen LogP contribution is -2.54. The van der Waals surface area contributed by atoms with Crippen LogP contribution < -0.4 is 0 Å². The first-order chi connectivity index (χ1) is 13.5. The molecule has 0 aromatic carbocycles. The zero-order chi connectivity index (χ0) is 21.0. The Hall–Kier alpha value is -1.39. The Morgan fingerprint density at radius 2 is 1.72 bits per heavy atom. The van der Waals surface area contributed by atoms with Crippen LogP contribution in [0.15, 0.2) is 0 Å². The molecule has 3 atom stereocenters. The van der Waals surface area contributed by atoms with Gasteiger partial charge in [0.15, 0.2) is 0 Å². The van der Waals surface area contributed by atoms with Crippen molar-refractivity contribution in [1.29, 1.82) is 0 Å². The predicted molar refractivity (Wildman–Crippen MR) is 108 cm³/mol. The van der Waals surface area contributed by atoms with E-state index in [9.17, 15) is 14.4 Å². The molecule has 162 valence electrons. The van der Waals surface area contributed by atoms with Crippen molar-refractivity contribution in [1.82, 2.24) is 0 Å². The smallest absolute Gasteiger partial charge is 0.320 e. The molecule has 4 aliphatic carbocycles. The van der Waals surface area contributed by atoms with Crippen LogP contribution in [0.1, 0.15) is 91.9 Å². The third-order valence-corrected chi connectivity index (χ3v) is 8.40. The summed E-state index contributed by atoms with van der Waals surface area (Å²) in [5, 5.41) is 0. The second-order valence-electron chi connectivity index (χ2n) is 11.4. The molecule has 4 saturated carbocycles. The number of rotatable bonds is 7. The van der Waals surface area contributed by atoms with E-state index in [0.29, 0.717) is 19.3 Å². The fraction of sp³-hybridized carbons (Fsp3) is 0.875. The van der Waals surface area contributed by atoms with Gasteiger partial charge in [0.05, 0.1) is 17.3 Å². The number of esters is 3. The molecule has 0 aromatic heterocycles. The van der Waals surface area contributed by atoms with Gasteiger partial charge < -0.3 is 9.47 Å². The number of carbonyl (C=O) groups excluding carboxylic acids is 3. The zero-order valence-electron chi connectivity index (χ0n) is 18.4. The Morgan fingerprint density at radius 1 is 1.17 bits per heavy atom. The Morgan fingerprint density at radius 3 is 2.17 bits per heavy atom. The van der Waals surface area contributed by atoms with E-state index < -0.39 is 22.8 Å². The molecular weight excluding hydrogens is 368 g/mol. The summed E-state index contributed by atoms with van der Waals surface area (Å²) >= 11 is 0. The second-order valence-corrected chi connectivity index (χ2v) is 11.4. The highest BCUT2D eigenvalue weighted by Gasteiger charge is 2.54. The average molecular weight is 405 g/mol. The number of hydrogen-bond donors (Lipinski definition) is 0. The lowest BCUT2D eigenvalue weighted by molar-refractivity contribution is -0.197. The van der Waals surface area contributed by atoms with E-state index >= 15 is 0 Å². The molecule has 0 N–H and O–H groups in total. The zero-order valence-corrected chi connectivity index (χ0v) is 18.4. The third kappa shape index (κ3) is 3.86. The van der Waals surface area contributed by atoms with Crippen molar-refractivity contribution < 1.29 is 23.9 Å². The number of hydrogen-bond acceptors (Lipinski definition) is 5. The monoisotopic (exact) mass is 404 g/mol. The summed E-state index contributed by atoms with van der Waals surface area (Å²) in [7, 11) is 0. The van der Waals surface area contributed by atoms with Crippen molar-refractivity contribution in [2.24, 2.45) is 34.5 Å². The average Bonchev–Trinajstić information content (AvgIpc) is 2.84. The summed E-state index contributed by atoms with van der Waals surface area (Å²) in [6.07, 6.45) is 9.18. The number of ether oxygens (including phenoxy) is 2. The predicted octanol–water partition coefficient (Wildman–Crippen LogP) is 4.81. The molecule has 5 heteroatoms. The Balaban J connectivity index is 1.41. The molecule has 5 aliphatic rings. The first-order valence-electron chi connectivity index (χ1n) is 11.5. The van der Waals surface area contributed by atoms with Gasteiger partial charge in [-0.2, -0.15) is 0 Å². The second kappa shape index (κ2) is 7.09. The number of cyclic esters (lactones) is 2. The van der Waals surface area contributed by atoms with Gasteiger partial charge >= 0.3 is 17.9 Å². The maximum absolute atomic E-state index is 13.4. The molecule has 0 aromatic rings. The molecule has 1 heterocycles. The highest BCUT2D eigenvalue weighted by atomic mass is 16.6. The molecule has 0 radical (unpaired) electrons. The quantitative estimate of drug-likeness (QED) is 0.450. The summed E-state index contributed by atoms with van der Waals surface area (Å²) in [6.45, 7) is 7.91. The minimum atomic E-state index is -0.769. The fourth-order valence-corrected chi connectivity index (χ4v) is 7.27. The van der Waals surface area contributed by atoms with Crippen LogP contribution in [0.4, 0.5) is 0 Å². The molecule has 5 nitrogen and oxygen atoms in total. The van der Waals surface area contributed by atoms with Crippen LogP contribution in [0.3, 0.4) is 0 Å². The third-order valence-electron chi connectivity index (χ3n) is 8.40. The van der Waals surface area contributed by atoms with Gasteiger partial charge in [-0.25, -0.2) is 0 Å². The Bertz CT molecular complexity index is 677. The number of carbonyl (C=O) groups is 3. The van der Waals surface area contributed by atoms with Gasteiger partial charge in [0.25, 0.3) is 0 Å². The van der Waals surface area contributed by atoms with Crippen molar-refractivity contribution in [2.75, 3.05) is 0 Å². The SMILES string of the molecule is CCC(C)(CC(C)CC1(C)CC(=O)OC1=O)C(=O)OC12CC3CC(CC(C3)C1)C2. The van der Waals surface area contributed by atoms with Gasteiger partial charge in [0.2, 0.25) is 0 Å². The minimum absolute atomic E-state index is 0.0657. The maximum Gasteiger partial charge on any atom is 0.320 e. The van der Waals surface area contributed by atoms with Crippen LogP contribution in [-0.4, -0.2) is 23.5 Å². The normalized spacial score (nSPS) is 41.2. The minimum Gasteiger partial charge on any atom is -0.459 e. The standard InChI is InChI=1S/C24H36O5/c1-5-22(3,9-15(2)10-23(4)14-19(25)28-20(23)26)21(27)29-24-11-16-6-17(12-24)8-18(7-16)13-24/h15-18H,5-14H2,1-4H3. The van der Waals surface area contributed by atoms with Gasteiger partial charge in [-0.1, -0.05) is 13.8 Å². The first-order valence-corrected chi connectivity index (χ1v) is 11.5. The maximum atomic E-state index is 13.4. The van der Waals surface area contributed by atoms with E-state index in [1.54, 1.807) is 6.92 Å². The van der Waals surface area contributed by atoms with Crippen LogP contribution in [-0.2, 0) is 23.9 Å². The van der Waals surface area contributed by atoms with Crippen molar-refractivity contribution in [2.45, 2.75) is 97.5 Å². The van der Waals surface area contributed by atoms with Gasteiger partial charge in [0, 0.05) is 0 Å². The lowest BCUT2D eigenvalue weighted by atomic mass is 9.54. The first kappa shape index (κ1) is 20.9. The van der Waals surface area contributed by atoms with Gasteiger partial charge in [-0.3, -0.25) is 14.4 Å². The van der Waals surface area contributed by atoms with E-state index in [0.717, 1.165) is 37.0 Å². The lowest BCUT2D eigenvalue weighted by Gasteiger charge is -2.56. The van der Waals surface area contributed by atoms with Crippen LogP contribution in [0, 0.1) is 34.5 Å². The van der Waals surface area contributed by atoms with E-state index in [-0.39, 0.29) is 23.9 Å². The molecule has 5 rings (SSSR count). The molecule has 0 spiro atoms. The summed E-state index contributed by atoms with van der Waals surface area (Å²) in [6, 6.07) is 0. The molecule has 1 aliphatic heterocycles. The molecule has 1 saturated heterocycles. The largest absolute Gasteiger partial charge is 0.459 e. The van der Waals surface area contributed by atoms with Crippen LogP contribution >= 0.6 is 0 Å². The summed E-state index contributed by atoms with van der Waals surface area (Å²) in [5.74, 6) is 1.41. The van der Waals surface area contributed by atoms with Gasteiger partial charge in [0.1, 0.15) is 5.60 Å². The van der Waals surface area contributed by atoms with Crippen molar-refractivity contribution in [3.63, 3.8) is 0 Å². The summed E-state index contributed by atoms with van der Waals surface area (Å²) in [4.78, 5) is 37.0. The van der Waals surface area contributed by atoms with E-state index in [2.05, 4.69) is 6.92 Å². The summed E-state index contributed by atoms with van der Waals surface area (Å²) < 4.78 is 11.1. The molecule has 0 amide bonds. The van der Waals surface area contributed by atoms with Gasteiger partial charge in [-0.15, -0.1) is 0 Å². The van der Waals surface area contributed by atoms with Crippen molar-refractivity contribution in [3.05, 3.63) is 0 Å². The Labute approximate surface area is 174 Å². The highest BCUT2D eigenvalue weighted by Crippen LogP contribution is 2.57. The van der Waals surface area contributed by atoms with Gasteiger partial charge in [-0.05, 0) is 95.3 Å². The molecule has 3 unspecified atom stereocenters. The topological polar surface area (TPSA) is 69.7 Å². The molecule has 4 bridgehead atoms.